The molecule has 0 radical (unpaired) electrons. The summed E-state index contributed by atoms with van der Waals surface area (Å²) in [6.07, 6.45) is 4.58. The lowest BCUT2D eigenvalue weighted by Gasteiger charge is -2.03. The van der Waals surface area contributed by atoms with Crippen molar-refractivity contribution in [2.45, 2.75) is 6.42 Å². The SMILES string of the molecule is NCCc1ccn(-c2ccccc2F)c1. The van der Waals surface area contributed by atoms with E-state index in [1.54, 1.807) is 16.7 Å². The minimum atomic E-state index is -0.215. The van der Waals surface area contributed by atoms with Gasteiger partial charge in [0.25, 0.3) is 0 Å². The Morgan fingerprint density at radius 1 is 1.20 bits per heavy atom. The van der Waals surface area contributed by atoms with Crippen molar-refractivity contribution in [3.05, 3.63) is 54.1 Å². The molecule has 0 saturated carbocycles. The molecule has 1 aromatic heterocycles. The lowest BCUT2D eigenvalue weighted by atomic mass is 10.2. The second-order valence-corrected chi connectivity index (χ2v) is 3.42. The predicted octanol–water partition coefficient (Wildman–Crippen LogP) is 2.12. The fraction of sp³-hybridized carbons (Fsp3) is 0.167. The Morgan fingerprint density at radius 3 is 2.73 bits per heavy atom. The summed E-state index contributed by atoms with van der Waals surface area (Å²) in [6.45, 7) is 0.612. The Bertz CT molecular complexity index is 448. The normalized spacial score (nSPS) is 10.5. The van der Waals surface area contributed by atoms with Crippen LogP contribution in [0, 0.1) is 5.82 Å². The Kier molecular flexibility index (Phi) is 2.83. The van der Waals surface area contributed by atoms with Crippen molar-refractivity contribution in [3.63, 3.8) is 0 Å². The van der Waals surface area contributed by atoms with Gasteiger partial charge in [-0.15, -0.1) is 0 Å². The van der Waals surface area contributed by atoms with E-state index in [2.05, 4.69) is 0 Å². The van der Waals surface area contributed by atoms with Gasteiger partial charge in [0.15, 0.2) is 0 Å². The summed E-state index contributed by atoms with van der Waals surface area (Å²) in [5, 5.41) is 0. The molecule has 0 saturated heterocycles. The van der Waals surface area contributed by atoms with Gasteiger partial charge >= 0.3 is 0 Å². The number of nitrogens with zero attached hydrogens (tertiary/aromatic N) is 1. The lowest BCUT2D eigenvalue weighted by Crippen LogP contribution is -2.01. The van der Waals surface area contributed by atoms with E-state index in [0.29, 0.717) is 12.2 Å². The Labute approximate surface area is 88.1 Å². The zero-order valence-corrected chi connectivity index (χ0v) is 8.36. The minimum Gasteiger partial charge on any atom is -0.330 e. The quantitative estimate of drug-likeness (QED) is 0.815. The van der Waals surface area contributed by atoms with Crippen LogP contribution >= 0.6 is 0 Å². The van der Waals surface area contributed by atoms with E-state index in [9.17, 15) is 4.39 Å². The van der Waals surface area contributed by atoms with Gasteiger partial charge < -0.3 is 10.3 Å². The predicted molar refractivity (Wildman–Crippen MR) is 58.5 cm³/mol. The van der Waals surface area contributed by atoms with Crippen molar-refractivity contribution in [1.82, 2.24) is 4.57 Å². The molecule has 0 amide bonds. The average Bonchev–Trinajstić information content (AvgIpc) is 2.68. The van der Waals surface area contributed by atoms with E-state index in [0.717, 1.165) is 12.0 Å². The summed E-state index contributed by atoms with van der Waals surface area (Å²) in [6, 6.07) is 8.67. The van der Waals surface area contributed by atoms with Gasteiger partial charge in [-0.3, -0.25) is 0 Å². The van der Waals surface area contributed by atoms with Crippen LogP contribution in [0.5, 0.6) is 0 Å². The summed E-state index contributed by atoms with van der Waals surface area (Å²) in [5.74, 6) is -0.215. The number of para-hydroxylation sites is 1. The van der Waals surface area contributed by atoms with Crippen LogP contribution in [-0.4, -0.2) is 11.1 Å². The molecule has 1 aromatic carbocycles. The molecule has 0 fully saturated rings. The van der Waals surface area contributed by atoms with Crippen molar-refractivity contribution >= 4 is 0 Å². The summed E-state index contributed by atoms with van der Waals surface area (Å²) >= 11 is 0. The third-order valence-corrected chi connectivity index (χ3v) is 2.32. The van der Waals surface area contributed by atoms with Gasteiger partial charge in [-0.2, -0.15) is 0 Å². The van der Waals surface area contributed by atoms with Crippen LogP contribution < -0.4 is 5.73 Å². The molecule has 2 aromatic rings. The zero-order valence-electron chi connectivity index (χ0n) is 8.36. The van der Waals surface area contributed by atoms with Crippen LogP contribution in [0.2, 0.25) is 0 Å². The van der Waals surface area contributed by atoms with E-state index in [-0.39, 0.29) is 5.82 Å². The minimum absolute atomic E-state index is 0.215. The molecule has 2 N–H and O–H groups in total. The molecule has 0 aliphatic carbocycles. The van der Waals surface area contributed by atoms with Gasteiger partial charge in [0.2, 0.25) is 0 Å². The maximum atomic E-state index is 13.4. The van der Waals surface area contributed by atoms with Crippen LogP contribution in [0.1, 0.15) is 5.56 Å². The van der Waals surface area contributed by atoms with Crippen LogP contribution in [0.25, 0.3) is 5.69 Å². The first-order valence-electron chi connectivity index (χ1n) is 4.93. The van der Waals surface area contributed by atoms with Crippen molar-refractivity contribution in [2.24, 2.45) is 5.73 Å². The van der Waals surface area contributed by atoms with Crippen LogP contribution in [0.4, 0.5) is 4.39 Å². The number of hydrogen-bond donors (Lipinski definition) is 1. The number of rotatable bonds is 3. The van der Waals surface area contributed by atoms with E-state index < -0.39 is 0 Å². The van der Waals surface area contributed by atoms with Crippen molar-refractivity contribution < 1.29 is 4.39 Å². The topological polar surface area (TPSA) is 30.9 Å². The Balaban J connectivity index is 2.33. The number of nitrogens with two attached hydrogens (primary N) is 1. The molecule has 2 rings (SSSR count). The first-order chi connectivity index (χ1) is 7.31. The molecule has 0 aliphatic heterocycles. The monoisotopic (exact) mass is 204 g/mol. The summed E-state index contributed by atoms with van der Waals surface area (Å²) in [4.78, 5) is 0. The number of hydrogen-bond acceptors (Lipinski definition) is 1. The molecule has 2 nitrogen and oxygen atoms in total. The summed E-state index contributed by atoms with van der Waals surface area (Å²) in [7, 11) is 0. The van der Waals surface area contributed by atoms with E-state index in [1.165, 1.54) is 6.07 Å². The maximum absolute atomic E-state index is 13.4. The number of benzene rings is 1. The van der Waals surface area contributed by atoms with Crippen molar-refractivity contribution in [1.29, 1.82) is 0 Å². The molecule has 78 valence electrons. The van der Waals surface area contributed by atoms with Gasteiger partial charge in [-0.1, -0.05) is 12.1 Å². The molecular formula is C12H13FN2. The molecule has 1 heterocycles. The van der Waals surface area contributed by atoms with Crippen LogP contribution in [0.15, 0.2) is 42.7 Å². The lowest BCUT2D eigenvalue weighted by molar-refractivity contribution is 0.618. The standard InChI is InChI=1S/C12H13FN2/c13-11-3-1-2-4-12(11)15-8-6-10(9-15)5-7-14/h1-4,6,8-9H,5,7,14H2. The van der Waals surface area contributed by atoms with E-state index >= 15 is 0 Å². The van der Waals surface area contributed by atoms with Crippen molar-refractivity contribution in [3.8, 4) is 5.69 Å². The second-order valence-electron chi connectivity index (χ2n) is 3.42. The second kappa shape index (κ2) is 4.28. The van der Waals surface area contributed by atoms with Gasteiger partial charge in [-0.25, -0.2) is 4.39 Å². The molecule has 0 bridgehead atoms. The smallest absolute Gasteiger partial charge is 0.147 e. The Hall–Kier alpha value is -1.61. The highest BCUT2D eigenvalue weighted by atomic mass is 19.1. The third-order valence-electron chi connectivity index (χ3n) is 2.32. The number of halogens is 1. The van der Waals surface area contributed by atoms with Gasteiger partial charge in [0.1, 0.15) is 5.82 Å². The molecule has 3 heteroatoms. The maximum Gasteiger partial charge on any atom is 0.147 e. The van der Waals surface area contributed by atoms with Crippen LogP contribution in [-0.2, 0) is 6.42 Å². The fourth-order valence-electron chi connectivity index (χ4n) is 1.57. The molecule has 0 unspecified atom stereocenters. The highest BCUT2D eigenvalue weighted by Crippen LogP contribution is 2.14. The molecule has 15 heavy (non-hydrogen) atoms. The van der Waals surface area contributed by atoms with Gasteiger partial charge in [0, 0.05) is 12.4 Å². The van der Waals surface area contributed by atoms with Gasteiger partial charge in [-0.05, 0) is 36.7 Å². The van der Waals surface area contributed by atoms with Crippen LogP contribution in [0.3, 0.4) is 0 Å². The molecule has 0 atom stereocenters. The molecule has 0 aliphatic rings. The zero-order chi connectivity index (χ0) is 10.7. The third kappa shape index (κ3) is 2.07. The average molecular weight is 204 g/mol. The highest BCUT2D eigenvalue weighted by Gasteiger charge is 2.03. The van der Waals surface area contributed by atoms with E-state index in [4.69, 9.17) is 5.73 Å². The largest absolute Gasteiger partial charge is 0.330 e. The fourth-order valence-corrected chi connectivity index (χ4v) is 1.57. The highest BCUT2D eigenvalue weighted by molar-refractivity contribution is 5.35. The summed E-state index contributed by atoms with van der Waals surface area (Å²) in [5.41, 5.74) is 7.15. The number of aromatic nitrogens is 1. The first kappa shape index (κ1) is 9.93. The van der Waals surface area contributed by atoms with Gasteiger partial charge in [0.05, 0.1) is 5.69 Å². The van der Waals surface area contributed by atoms with E-state index in [1.807, 2.05) is 24.5 Å². The first-order valence-corrected chi connectivity index (χ1v) is 4.93. The summed E-state index contributed by atoms with van der Waals surface area (Å²) < 4.78 is 15.2. The molecular weight excluding hydrogens is 191 g/mol. The molecule has 0 spiro atoms. The Morgan fingerprint density at radius 2 is 2.00 bits per heavy atom. The van der Waals surface area contributed by atoms with Crippen molar-refractivity contribution in [2.75, 3.05) is 6.54 Å².